The summed E-state index contributed by atoms with van der Waals surface area (Å²) in [6.45, 7) is 1.45. The molecule has 0 saturated heterocycles. The van der Waals surface area contributed by atoms with Crippen molar-refractivity contribution in [3.63, 3.8) is 0 Å². The highest BCUT2D eigenvalue weighted by atomic mass is 16.5. The number of ether oxygens (including phenoxy) is 2. The average Bonchev–Trinajstić information content (AvgIpc) is 2.85. The van der Waals surface area contributed by atoms with Gasteiger partial charge in [0.2, 0.25) is 0 Å². The first-order chi connectivity index (χ1) is 10.8. The van der Waals surface area contributed by atoms with Crippen LogP contribution < -0.4 is 0 Å². The summed E-state index contributed by atoms with van der Waals surface area (Å²) < 4.78 is 10.3. The Kier molecular flexibility index (Phi) is 6.81. The molecule has 0 aliphatic heterocycles. The van der Waals surface area contributed by atoms with Gasteiger partial charge in [0, 0.05) is 39.8 Å². The molecule has 1 aromatic rings. The molecule has 3 nitrogen and oxygen atoms in total. The molecule has 22 heavy (non-hydrogen) atoms. The van der Waals surface area contributed by atoms with Crippen LogP contribution in [-0.4, -0.2) is 33.2 Å². The van der Waals surface area contributed by atoms with Crippen molar-refractivity contribution in [2.45, 2.75) is 38.0 Å². The summed E-state index contributed by atoms with van der Waals surface area (Å²) in [6.07, 6.45) is 4.28. The normalized spacial score (nSPS) is 18.3. The molecule has 1 aliphatic carbocycles. The second-order valence-corrected chi connectivity index (χ2v) is 5.79. The fourth-order valence-electron chi connectivity index (χ4n) is 3.25. The first-order valence-corrected chi connectivity index (χ1v) is 8.05. The summed E-state index contributed by atoms with van der Waals surface area (Å²) in [5.41, 5.74) is 3.62. The minimum Gasteiger partial charge on any atom is -0.385 e. The number of rotatable bonds is 9. The highest BCUT2D eigenvalue weighted by Crippen LogP contribution is 2.41. The molecule has 0 unspecified atom stereocenters. The maximum absolute atomic E-state index is 12.5. The van der Waals surface area contributed by atoms with E-state index in [4.69, 9.17) is 9.47 Å². The molecule has 0 radical (unpaired) electrons. The fourth-order valence-corrected chi connectivity index (χ4v) is 3.25. The molecule has 0 spiro atoms. The van der Waals surface area contributed by atoms with Crippen LogP contribution in [0.3, 0.4) is 0 Å². The number of Topliss-reactive ketones (excluding diaryl/α,β-unsaturated/α-hetero) is 1. The van der Waals surface area contributed by atoms with E-state index < -0.39 is 0 Å². The zero-order valence-electron chi connectivity index (χ0n) is 13.6. The summed E-state index contributed by atoms with van der Waals surface area (Å²) in [7, 11) is 3.43. The Morgan fingerprint density at radius 3 is 2.27 bits per heavy atom. The van der Waals surface area contributed by atoms with Crippen molar-refractivity contribution in [3.8, 4) is 0 Å². The zero-order valence-corrected chi connectivity index (χ0v) is 13.6. The summed E-state index contributed by atoms with van der Waals surface area (Å²) in [5, 5.41) is 0. The Bertz CT molecular complexity index is 505. The smallest absolute Gasteiger partial charge is 0.159 e. The van der Waals surface area contributed by atoms with E-state index in [1.807, 2.05) is 6.07 Å². The number of ketones is 1. The van der Waals surface area contributed by atoms with E-state index in [0.29, 0.717) is 18.8 Å². The van der Waals surface area contributed by atoms with Gasteiger partial charge in [-0.05, 0) is 36.8 Å². The molecular weight excluding hydrogens is 276 g/mol. The third-order valence-electron chi connectivity index (χ3n) is 4.31. The minimum absolute atomic E-state index is 0.253. The van der Waals surface area contributed by atoms with Gasteiger partial charge in [0.05, 0.1) is 0 Å². The van der Waals surface area contributed by atoms with Crippen LogP contribution in [0.4, 0.5) is 0 Å². The van der Waals surface area contributed by atoms with Crippen molar-refractivity contribution in [2.24, 2.45) is 0 Å². The molecule has 1 aliphatic rings. The molecule has 0 saturated carbocycles. The summed E-state index contributed by atoms with van der Waals surface area (Å²) >= 11 is 0. The van der Waals surface area contributed by atoms with Crippen molar-refractivity contribution in [3.05, 3.63) is 47.0 Å². The van der Waals surface area contributed by atoms with Gasteiger partial charge in [0.1, 0.15) is 0 Å². The first kappa shape index (κ1) is 16.9. The SMILES string of the molecule is COCCCC1=C(CCCOC)[C@@H](c2ccccc2)CC1=O. The summed E-state index contributed by atoms with van der Waals surface area (Å²) in [4.78, 5) is 12.5. The first-order valence-electron chi connectivity index (χ1n) is 8.05. The van der Waals surface area contributed by atoms with Crippen molar-refractivity contribution < 1.29 is 14.3 Å². The van der Waals surface area contributed by atoms with Crippen molar-refractivity contribution in [1.29, 1.82) is 0 Å². The van der Waals surface area contributed by atoms with Crippen molar-refractivity contribution >= 4 is 5.78 Å². The maximum atomic E-state index is 12.5. The molecule has 2 rings (SSSR count). The molecule has 0 fully saturated rings. The van der Waals surface area contributed by atoms with Gasteiger partial charge in [-0.3, -0.25) is 4.79 Å². The van der Waals surface area contributed by atoms with Crippen LogP contribution >= 0.6 is 0 Å². The quantitative estimate of drug-likeness (QED) is 0.649. The number of hydrogen-bond donors (Lipinski definition) is 0. The molecule has 0 N–H and O–H groups in total. The molecule has 0 aromatic heterocycles. The Hall–Kier alpha value is -1.45. The zero-order chi connectivity index (χ0) is 15.8. The lowest BCUT2D eigenvalue weighted by Gasteiger charge is -2.16. The van der Waals surface area contributed by atoms with Gasteiger partial charge >= 0.3 is 0 Å². The lowest BCUT2D eigenvalue weighted by molar-refractivity contribution is -0.115. The molecule has 0 amide bonds. The monoisotopic (exact) mass is 302 g/mol. The lowest BCUT2D eigenvalue weighted by Crippen LogP contribution is -2.01. The molecule has 1 atom stereocenters. The van der Waals surface area contributed by atoms with Gasteiger partial charge in [-0.1, -0.05) is 35.9 Å². The Morgan fingerprint density at radius 1 is 1.00 bits per heavy atom. The third kappa shape index (κ3) is 4.28. The number of hydrogen-bond acceptors (Lipinski definition) is 3. The van der Waals surface area contributed by atoms with Gasteiger partial charge < -0.3 is 9.47 Å². The van der Waals surface area contributed by atoms with Crippen LogP contribution in [0.5, 0.6) is 0 Å². The summed E-state index contributed by atoms with van der Waals surface area (Å²) in [5.74, 6) is 0.570. The van der Waals surface area contributed by atoms with Gasteiger partial charge in [-0.15, -0.1) is 0 Å². The standard InChI is InChI=1S/C19H26O3/c1-21-12-6-10-16-17(11-7-13-22-2)19(20)14-18(16)15-8-4-3-5-9-15/h3-5,8-9,18H,6-7,10-14H2,1-2H3/t18-/m1/s1. The van der Waals surface area contributed by atoms with Crippen molar-refractivity contribution in [1.82, 2.24) is 0 Å². The third-order valence-corrected chi connectivity index (χ3v) is 4.31. The Labute approximate surface area is 133 Å². The van der Waals surface area contributed by atoms with Crippen LogP contribution in [0.2, 0.25) is 0 Å². The van der Waals surface area contributed by atoms with Crippen molar-refractivity contribution in [2.75, 3.05) is 27.4 Å². The highest BCUT2D eigenvalue weighted by molar-refractivity contribution is 6.00. The predicted octanol–water partition coefficient (Wildman–Crippen LogP) is 3.89. The van der Waals surface area contributed by atoms with E-state index in [-0.39, 0.29) is 5.92 Å². The molecule has 0 bridgehead atoms. The molecule has 1 aromatic carbocycles. The van der Waals surface area contributed by atoms with E-state index in [1.54, 1.807) is 14.2 Å². The van der Waals surface area contributed by atoms with E-state index in [9.17, 15) is 4.79 Å². The molecule has 0 heterocycles. The summed E-state index contributed by atoms with van der Waals surface area (Å²) in [6, 6.07) is 10.4. The topological polar surface area (TPSA) is 35.5 Å². The van der Waals surface area contributed by atoms with E-state index in [1.165, 1.54) is 11.1 Å². The van der Waals surface area contributed by atoms with Crippen LogP contribution in [0.25, 0.3) is 0 Å². The average molecular weight is 302 g/mol. The van der Waals surface area contributed by atoms with Gasteiger partial charge in [-0.2, -0.15) is 0 Å². The van der Waals surface area contributed by atoms with Gasteiger partial charge in [-0.25, -0.2) is 0 Å². The van der Waals surface area contributed by atoms with Gasteiger partial charge in [0.25, 0.3) is 0 Å². The minimum atomic E-state index is 0.253. The maximum Gasteiger partial charge on any atom is 0.159 e. The highest BCUT2D eigenvalue weighted by Gasteiger charge is 2.32. The molecule has 120 valence electrons. The molecular formula is C19H26O3. The second kappa shape index (κ2) is 8.86. The number of carbonyl (C=O) groups is 1. The number of methoxy groups -OCH3 is 2. The Morgan fingerprint density at radius 2 is 1.64 bits per heavy atom. The predicted molar refractivity (Wildman–Crippen MR) is 88.1 cm³/mol. The number of benzene rings is 1. The molecule has 3 heteroatoms. The van der Waals surface area contributed by atoms with E-state index in [0.717, 1.165) is 37.9 Å². The van der Waals surface area contributed by atoms with Crippen LogP contribution in [-0.2, 0) is 14.3 Å². The largest absolute Gasteiger partial charge is 0.385 e. The fraction of sp³-hybridized carbons (Fsp3) is 0.526. The van der Waals surface area contributed by atoms with Gasteiger partial charge in [0.15, 0.2) is 5.78 Å². The second-order valence-electron chi connectivity index (χ2n) is 5.79. The van der Waals surface area contributed by atoms with Crippen LogP contribution in [0.15, 0.2) is 41.5 Å². The van der Waals surface area contributed by atoms with E-state index >= 15 is 0 Å². The number of allylic oxidation sites excluding steroid dienone is 2. The van der Waals surface area contributed by atoms with Crippen LogP contribution in [0.1, 0.15) is 43.6 Å². The number of carbonyl (C=O) groups excluding carboxylic acids is 1. The van der Waals surface area contributed by atoms with E-state index in [2.05, 4.69) is 24.3 Å². The van der Waals surface area contributed by atoms with Crippen LogP contribution in [0, 0.1) is 0 Å². The lowest BCUT2D eigenvalue weighted by atomic mass is 9.89. The Balaban J connectivity index is 2.19.